The highest BCUT2D eigenvalue weighted by atomic mass is 35.5. The molecule has 0 spiro atoms. The van der Waals surface area contributed by atoms with Crippen molar-refractivity contribution in [2.24, 2.45) is 18.9 Å². The van der Waals surface area contributed by atoms with Crippen LogP contribution >= 0.6 is 11.6 Å². The molecule has 2 aliphatic rings. The van der Waals surface area contributed by atoms with E-state index in [0.29, 0.717) is 49.0 Å². The third-order valence-corrected chi connectivity index (χ3v) is 8.02. The Kier molecular flexibility index (Phi) is 9.42. The molecule has 2 saturated heterocycles. The lowest BCUT2D eigenvalue weighted by atomic mass is 9.92. The van der Waals surface area contributed by atoms with Crippen molar-refractivity contribution in [2.75, 3.05) is 64.1 Å². The summed E-state index contributed by atoms with van der Waals surface area (Å²) in [6, 6.07) is 7.54. The molecule has 0 aliphatic carbocycles. The van der Waals surface area contributed by atoms with E-state index in [4.69, 9.17) is 30.8 Å². The molecule has 2 atom stereocenters. The second kappa shape index (κ2) is 13.2. The molecule has 0 unspecified atom stereocenters. The Hall–Kier alpha value is -3.21. The third kappa shape index (κ3) is 7.36. The van der Waals surface area contributed by atoms with Crippen molar-refractivity contribution >= 4 is 34.4 Å². The molecule has 0 radical (unpaired) electrons. The minimum Gasteiger partial charge on any atom is -0.476 e. The first kappa shape index (κ1) is 29.3. The predicted molar refractivity (Wildman–Crippen MR) is 158 cm³/mol. The van der Waals surface area contributed by atoms with E-state index >= 15 is 0 Å². The van der Waals surface area contributed by atoms with Crippen LogP contribution in [-0.2, 0) is 27.7 Å². The van der Waals surface area contributed by atoms with E-state index in [0.717, 1.165) is 48.3 Å². The van der Waals surface area contributed by atoms with Gasteiger partial charge in [-0.15, -0.1) is 0 Å². The van der Waals surface area contributed by atoms with Gasteiger partial charge in [0, 0.05) is 51.6 Å². The molecule has 0 amide bonds. The molecule has 10 nitrogen and oxygen atoms in total. The fourth-order valence-corrected chi connectivity index (χ4v) is 5.85. The Morgan fingerprint density at radius 1 is 1.15 bits per heavy atom. The molecule has 11 heteroatoms. The Balaban J connectivity index is 1.26. The average molecular weight is 584 g/mol. The van der Waals surface area contributed by atoms with Crippen LogP contribution in [0.15, 0.2) is 35.3 Å². The molecule has 0 bridgehead atoms. The van der Waals surface area contributed by atoms with Gasteiger partial charge in [0.2, 0.25) is 5.95 Å². The van der Waals surface area contributed by atoms with Crippen molar-refractivity contribution in [3.05, 3.63) is 57.1 Å². The van der Waals surface area contributed by atoms with Gasteiger partial charge in [0.25, 0.3) is 5.56 Å². The maximum atomic E-state index is 12.9. The number of ether oxygens (including phenoxy) is 3. The van der Waals surface area contributed by atoms with Crippen molar-refractivity contribution in [1.82, 2.24) is 19.4 Å². The number of hydrogen-bond donors (Lipinski definition) is 0. The Morgan fingerprint density at radius 2 is 1.90 bits per heavy atom. The topological polar surface area (TPSA) is 99.0 Å². The smallest absolute Gasteiger partial charge is 0.344 e. The summed E-state index contributed by atoms with van der Waals surface area (Å²) in [5, 5.41) is 1.33. The number of rotatable bonds is 9. The van der Waals surface area contributed by atoms with Gasteiger partial charge < -0.3 is 23.7 Å². The van der Waals surface area contributed by atoms with Crippen LogP contribution in [0.2, 0.25) is 5.02 Å². The molecule has 5 rings (SSSR count). The predicted octanol–water partition coefficient (Wildman–Crippen LogP) is 3.31. The summed E-state index contributed by atoms with van der Waals surface area (Å²) in [6.45, 7) is 9.98. The normalized spacial score (nSPS) is 19.9. The van der Waals surface area contributed by atoms with E-state index in [-0.39, 0.29) is 24.5 Å². The number of nitrogens with zero attached hydrogens (tertiary/aromatic N) is 5. The van der Waals surface area contributed by atoms with Gasteiger partial charge in [-0.05, 0) is 42.0 Å². The lowest BCUT2D eigenvalue weighted by Gasteiger charge is -2.35. The summed E-state index contributed by atoms with van der Waals surface area (Å²) < 4.78 is 17.8. The molecule has 1 aromatic carbocycles. The van der Waals surface area contributed by atoms with Crippen molar-refractivity contribution < 1.29 is 19.0 Å². The molecular formula is C30H38ClN5O5. The van der Waals surface area contributed by atoms with Crippen LogP contribution in [0.25, 0.3) is 10.9 Å². The first-order valence-electron chi connectivity index (χ1n) is 14.2. The number of pyridine rings is 1. The van der Waals surface area contributed by atoms with Gasteiger partial charge in [-0.1, -0.05) is 31.5 Å². The van der Waals surface area contributed by atoms with Crippen LogP contribution in [-0.4, -0.2) is 84.6 Å². The average Bonchev–Trinajstić information content (AvgIpc) is 2.95. The number of fused-ring (bicyclic) bond motifs is 1. The van der Waals surface area contributed by atoms with Gasteiger partial charge in [-0.25, -0.2) is 14.8 Å². The van der Waals surface area contributed by atoms with E-state index in [2.05, 4.69) is 28.6 Å². The summed E-state index contributed by atoms with van der Waals surface area (Å²) >= 11 is 6.52. The molecule has 41 heavy (non-hydrogen) atoms. The van der Waals surface area contributed by atoms with Gasteiger partial charge in [-0.3, -0.25) is 9.69 Å². The zero-order valence-electron chi connectivity index (χ0n) is 24.0. The fourth-order valence-electron chi connectivity index (χ4n) is 5.70. The van der Waals surface area contributed by atoms with Crippen LogP contribution < -0.4 is 15.2 Å². The number of aryl methyl sites for hydroxylation is 1. The second-order valence-corrected chi connectivity index (χ2v) is 11.6. The van der Waals surface area contributed by atoms with Gasteiger partial charge in [0.05, 0.1) is 35.6 Å². The Morgan fingerprint density at radius 3 is 2.66 bits per heavy atom. The van der Waals surface area contributed by atoms with Crippen LogP contribution in [0.4, 0.5) is 5.95 Å². The van der Waals surface area contributed by atoms with Gasteiger partial charge in [0.1, 0.15) is 6.61 Å². The number of benzene rings is 1. The maximum absolute atomic E-state index is 12.9. The maximum Gasteiger partial charge on any atom is 0.344 e. The molecule has 3 aromatic rings. The number of piperidine rings is 1. The molecule has 2 aromatic heterocycles. The molecule has 4 heterocycles. The monoisotopic (exact) mass is 583 g/mol. The highest BCUT2D eigenvalue weighted by molar-refractivity contribution is 6.31. The second-order valence-electron chi connectivity index (χ2n) is 11.2. The number of hydrogen-bond acceptors (Lipinski definition) is 9. The standard InChI is InChI=1S/C30H38ClN5O5/c1-20-12-21(2)18-36(17-20)30-32-16-24(31)25(33-30)14-22-4-5-26-23(13-22)15-27(29(38)34(26)3)41-19-28(37)40-11-8-35-6-9-39-10-7-35/h4-5,13,15-16,20-21H,6-12,14,17-19H2,1-3H3/t20-,21+. The van der Waals surface area contributed by atoms with Crippen molar-refractivity contribution in [1.29, 1.82) is 0 Å². The van der Waals surface area contributed by atoms with Gasteiger partial charge >= 0.3 is 5.97 Å². The lowest BCUT2D eigenvalue weighted by molar-refractivity contribution is -0.146. The molecule has 220 valence electrons. The summed E-state index contributed by atoms with van der Waals surface area (Å²) in [5.41, 5.74) is 2.17. The number of morpholine rings is 1. The van der Waals surface area contributed by atoms with E-state index in [1.165, 1.54) is 11.0 Å². The lowest BCUT2D eigenvalue weighted by Crippen LogP contribution is -2.39. The third-order valence-electron chi connectivity index (χ3n) is 7.70. The van der Waals surface area contributed by atoms with E-state index in [9.17, 15) is 9.59 Å². The van der Waals surface area contributed by atoms with Crippen molar-refractivity contribution in [3.8, 4) is 5.75 Å². The fraction of sp³-hybridized carbons (Fsp3) is 0.533. The summed E-state index contributed by atoms with van der Waals surface area (Å²) in [5.74, 6) is 1.46. The number of carbonyl (C=O) groups is 1. The molecule has 0 N–H and O–H groups in total. The largest absolute Gasteiger partial charge is 0.476 e. The summed E-state index contributed by atoms with van der Waals surface area (Å²) in [4.78, 5) is 38.9. The summed E-state index contributed by atoms with van der Waals surface area (Å²) in [7, 11) is 1.69. The van der Waals surface area contributed by atoms with Crippen molar-refractivity contribution in [3.63, 3.8) is 0 Å². The van der Waals surface area contributed by atoms with E-state index in [1.54, 1.807) is 19.3 Å². The first-order chi connectivity index (χ1) is 19.8. The van der Waals surface area contributed by atoms with Crippen LogP contribution in [0, 0.1) is 11.8 Å². The molecular weight excluding hydrogens is 546 g/mol. The van der Waals surface area contributed by atoms with Crippen LogP contribution in [0.1, 0.15) is 31.5 Å². The van der Waals surface area contributed by atoms with E-state index in [1.807, 2.05) is 18.2 Å². The minimum absolute atomic E-state index is 0.0953. The Bertz CT molecular complexity index is 1430. The van der Waals surface area contributed by atoms with Crippen molar-refractivity contribution in [2.45, 2.75) is 26.7 Å². The highest BCUT2D eigenvalue weighted by Crippen LogP contribution is 2.27. The highest BCUT2D eigenvalue weighted by Gasteiger charge is 2.24. The zero-order valence-corrected chi connectivity index (χ0v) is 24.7. The number of carbonyl (C=O) groups excluding carboxylic acids is 1. The number of anilines is 1. The summed E-state index contributed by atoms with van der Waals surface area (Å²) in [6.07, 6.45) is 3.40. The number of aromatic nitrogens is 3. The quantitative estimate of drug-likeness (QED) is 0.351. The van der Waals surface area contributed by atoms with Gasteiger partial charge in [0.15, 0.2) is 12.4 Å². The van der Waals surface area contributed by atoms with E-state index < -0.39 is 5.97 Å². The number of esters is 1. The van der Waals surface area contributed by atoms with Crippen LogP contribution in [0.5, 0.6) is 5.75 Å². The first-order valence-corrected chi connectivity index (χ1v) is 14.6. The van der Waals surface area contributed by atoms with Gasteiger partial charge in [-0.2, -0.15) is 0 Å². The number of halogens is 1. The molecule has 2 aliphatic heterocycles. The molecule has 0 saturated carbocycles. The minimum atomic E-state index is -0.513. The SMILES string of the molecule is C[C@@H]1C[C@H](C)CN(c2ncc(Cl)c(Cc3ccc4c(c3)cc(OCC(=O)OCCN3CCOCC3)c(=O)n4C)n2)C1. The Labute approximate surface area is 245 Å². The molecule has 2 fully saturated rings. The zero-order chi connectivity index (χ0) is 28.9. The van der Waals surface area contributed by atoms with Crippen LogP contribution in [0.3, 0.4) is 0 Å².